The van der Waals surface area contributed by atoms with Crippen molar-refractivity contribution >= 4 is 35.0 Å². The standard InChI is InChI=1S/C13H16Cl2N2O2/c1-7(10-4-5-11(14)12(15)6-10)17-13(19)8(2)16-9(3)18/h4-8H,1-3H3,(H,16,18)(H,17,19). The van der Waals surface area contributed by atoms with Gasteiger partial charge in [-0.3, -0.25) is 9.59 Å². The molecule has 19 heavy (non-hydrogen) atoms. The first kappa shape index (κ1) is 15.8. The van der Waals surface area contributed by atoms with Crippen LogP contribution in [-0.4, -0.2) is 17.9 Å². The number of nitrogens with one attached hydrogen (secondary N) is 2. The topological polar surface area (TPSA) is 58.2 Å². The number of hydrogen-bond acceptors (Lipinski definition) is 2. The lowest BCUT2D eigenvalue weighted by atomic mass is 10.1. The van der Waals surface area contributed by atoms with Crippen LogP contribution in [0.1, 0.15) is 32.4 Å². The minimum absolute atomic E-state index is 0.224. The van der Waals surface area contributed by atoms with E-state index in [4.69, 9.17) is 23.2 Å². The number of rotatable bonds is 4. The monoisotopic (exact) mass is 302 g/mol. The summed E-state index contributed by atoms with van der Waals surface area (Å²) in [4.78, 5) is 22.7. The lowest BCUT2D eigenvalue weighted by Crippen LogP contribution is -2.44. The molecule has 2 unspecified atom stereocenters. The molecule has 0 radical (unpaired) electrons. The molecule has 4 nitrogen and oxygen atoms in total. The highest BCUT2D eigenvalue weighted by atomic mass is 35.5. The summed E-state index contributed by atoms with van der Waals surface area (Å²) in [6.45, 7) is 4.82. The van der Waals surface area contributed by atoms with Crippen LogP contribution in [0.2, 0.25) is 10.0 Å². The molecule has 1 aromatic carbocycles. The largest absolute Gasteiger partial charge is 0.348 e. The van der Waals surface area contributed by atoms with E-state index < -0.39 is 6.04 Å². The van der Waals surface area contributed by atoms with Gasteiger partial charge in [0.05, 0.1) is 16.1 Å². The van der Waals surface area contributed by atoms with Gasteiger partial charge in [0.15, 0.2) is 0 Å². The second-order valence-electron chi connectivity index (χ2n) is 4.33. The summed E-state index contributed by atoms with van der Waals surface area (Å²) in [5.74, 6) is -0.501. The molecule has 1 rings (SSSR count). The first-order valence-electron chi connectivity index (χ1n) is 5.83. The second-order valence-corrected chi connectivity index (χ2v) is 5.14. The van der Waals surface area contributed by atoms with Crippen LogP contribution in [0.5, 0.6) is 0 Å². The Hall–Kier alpha value is -1.26. The highest BCUT2D eigenvalue weighted by Crippen LogP contribution is 2.25. The summed E-state index contributed by atoms with van der Waals surface area (Å²) < 4.78 is 0. The lowest BCUT2D eigenvalue weighted by molar-refractivity contribution is -0.128. The minimum atomic E-state index is -0.581. The Bertz CT molecular complexity index is 492. The maximum atomic E-state index is 11.8. The third-order valence-electron chi connectivity index (χ3n) is 2.62. The highest BCUT2D eigenvalue weighted by Gasteiger charge is 2.17. The number of carbonyl (C=O) groups is 2. The molecule has 0 aliphatic carbocycles. The maximum absolute atomic E-state index is 11.8. The lowest BCUT2D eigenvalue weighted by Gasteiger charge is -2.18. The van der Waals surface area contributed by atoms with E-state index in [1.165, 1.54) is 6.92 Å². The van der Waals surface area contributed by atoms with E-state index in [1.807, 2.05) is 6.92 Å². The molecule has 2 atom stereocenters. The molecule has 1 aromatic rings. The molecule has 0 aliphatic rings. The molecule has 0 spiro atoms. The Morgan fingerprint density at radius 2 is 1.74 bits per heavy atom. The van der Waals surface area contributed by atoms with Crippen molar-refractivity contribution in [1.82, 2.24) is 10.6 Å². The fraction of sp³-hybridized carbons (Fsp3) is 0.385. The number of carbonyl (C=O) groups excluding carboxylic acids is 2. The van der Waals surface area contributed by atoms with Gasteiger partial charge in [-0.05, 0) is 31.5 Å². The van der Waals surface area contributed by atoms with Crippen LogP contribution in [0, 0.1) is 0 Å². The first-order valence-corrected chi connectivity index (χ1v) is 6.59. The zero-order valence-corrected chi connectivity index (χ0v) is 12.5. The summed E-state index contributed by atoms with van der Waals surface area (Å²) in [7, 11) is 0. The van der Waals surface area contributed by atoms with Crippen LogP contribution in [0.3, 0.4) is 0 Å². The number of halogens is 2. The smallest absolute Gasteiger partial charge is 0.242 e. The Morgan fingerprint density at radius 3 is 2.26 bits per heavy atom. The Balaban J connectivity index is 2.68. The third-order valence-corrected chi connectivity index (χ3v) is 3.35. The van der Waals surface area contributed by atoms with E-state index in [0.717, 1.165) is 5.56 Å². The van der Waals surface area contributed by atoms with Crippen LogP contribution in [0.4, 0.5) is 0 Å². The van der Waals surface area contributed by atoms with Crippen LogP contribution >= 0.6 is 23.2 Å². The van der Waals surface area contributed by atoms with Crippen LogP contribution in [0.15, 0.2) is 18.2 Å². The Kier molecular flexibility index (Phi) is 5.63. The summed E-state index contributed by atoms with van der Waals surface area (Å²) in [5, 5.41) is 6.22. The molecule has 0 aromatic heterocycles. The van der Waals surface area contributed by atoms with Crippen molar-refractivity contribution < 1.29 is 9.59 Å². The zero-order valence-electron chi connectivity index (χ0n) is 11.0. The second kappa shape index (κ2) is 6.78. The summed E-state index contributed by atoms with van der Waals surface area (Å²) in [6.07, 6.45) is 0. The highest BCUT2D eigenvalue weighted by molar-refractivity contribution is 6.42. The van der Waals surface area contributed by atoms with Gasteiger partial charge in [-0.1, -0.05) is 29.3 Å². The predicted octanol–water partition coefficient (Wildman–Crippen LogP) is 2.70. The average Bonchev–Trinajstić information content (AvgIpc) is 2.31. The number of hydrogen-bond donors (Lipinski definition) is 2. The Labute approximate surface area is 122 Å². The molecule has 0 saturated heterocycles. The molecule has 6 heteroatoms. The maximum Gasteiger partial charge on any atom is 0.242 e. The van der Waals surface area contributed by atoms with E-state index in [9.17, 15) is 9.59 Å². The van der Waals surface area contributed by atoms with Crippen molar-refractivity contribution in [3.8, 4) is 0 Å². The molecule has 0 bridgehead atoms. The fourth-order valence-corrected chi connectivity index (χ4v) is 1.88. The fourth-order valence-electron chi connectivity index (χ4n) is 1.57. The van der Waals surface area contributed by atoms with Gasteiger partial charge in [0.1, 0.15) is 6.04 Å². The summed E-state index contributed by atoms with van der Waals surface area (Å²) in [6, 6.07) is 4.38. The number of amides is 2. The zero-order chi connectivity index (χ0) is 14.6. The molecular weight excluding hydrogens is 287 g/mol. The summed E-state index contributed by atoms with van der Waals surface area (Å²) >= 11 is 11.8. The van der Waals surface area contributed by atoms with Gasteiger partial charge in [-0.2, -0.15) is 0 Å². The summed E-state index contributed by atoms with van der Waals surface area (Å²) in [5.41, 5.74) is 0.845. The molecule has 104 valence electrons. The number of benzene rings is 1. The van der Waals surface area contributed by atoms with Crippen molar-refractivity contribution in [2.24, 2.45) is 0 Å². The minimum Gasteiger partial charge on any atom is -0.348 e. The van der Waals surface area contributed by atoms with Crippen LogP contribution in [0.25, 0.3) is 0 Å². The predicted molar refractivity (Wildman–Crippen MR) is 76.3 cm³/mol. The van der Waals surface area contributed by atoms with Gasteiger partial charge >= 0.3 is 0 Å². The van der Waals surface area contributed by atoms with E-state index >= 15 is 0 Å². The molecule has 0 aliphatic heterocycles. The van der Waals surface area contributed by atoms with Gasteiger partial charge in [0, 0.05) is 6.92 Å². The van der Waals surface area contributed by atoms with E-state index in [0.29, 0.717) is 10.0 Å². The molecule has 2 amide bonds. The van der Waals surface area contributed by atoms with Gasteiger partial charge in [0.25, 0.3) is 0 Å². The van der Waals surface area contributed by atoms with Crippen LogP contribution < -0.4 is 10.6 Å². The molecular formula is C13H16Cl2N2O2. The van der Waals surface area contributed by atoms with Gasteiger partial charge in [-0.15, -0.1) is 0 Å². The average molecular weight is 303 g/mol. The van der Waals surface area contributed by atoms with Crippen LogP contribution in [-0.2, 0) is 9.59 Å². The van der Waals surface area contributed by atoms with Crippen molar-refractivity contribution in [1.29, 1.82) is 0 Å². The van der Waals surface area contributed by atoms with Crippen molar-refractivity contribution in [3.63, 3.8) is 0 Å². The molecule has 0 heterocycles. The van der Waals surface area contributed by atoms with Gasteiger partial charge < -0.3 is 10.6 Å². The molecule has 0 fully saturated rings. The van der Waals surface area contributed by atoms with Gasteiger partial charge in [0.2, 0.25) is 11.8 Å². The van der Waals surface area contributed by atoms with E-state index in [-0.39, 0.29) is 17.9 Å². The first-order chi connectivity index (χ1) is 8.81. The molecule has 0 saturated carbocycles. The molecule has 2 N–H and O–H groups in total. The van der Waals surface area contributed by atoms with Crippen molar-refractivity contribution in [2.45, 2.75) is 32.9 Å². The normalized spacial score (nSPS) is 13.5. The van der Waals surface area contributed by atoms with Gasteiger partial charge in [-0.25, -0.2) is 0 Å². The van der Waals surface area contributed by atoms with Crippen molar-refractivity contribution in [3.05, 3.63) is 33.8 Å². The quantitative estimate of drug-likeness (QED) is 0.898. The van der Waals surface area contributed by atoms with Crippen molar-refractivity contribution in [2.75, 3.05) is 0 Å². The Morgan fingerprint density at radius 1 is 1.11 bits per heavy atom. The third kappa shape index (κ3) is 4.73. The van der Waals surface area contributed by atoms with E-state index in [2.05, 4.69) is 10.6 Å². The van der Waals surface area contributed by atoms with E-state index in [1.54, 1.807) is 25.1 Å². The SMILES string of the molecule is CC(=O)NC(C)C(=O)NC(C)c1ccc(Cl)c(Cl)c1.